The van der Waals surface area contributed by atoms with Gasteiger partial charge in [-0.3, -0.25) is 9.48 Å². The van der Waals surface area contributed by atoms with Crippen molar-refractivity contribution in [3.8, 4) is 11.5 Å². The number of aryl methyl sites for hydroxylation is 1. The van der Waals surface area contributed by atoms with Crippen LogP contribution in [0.25, 0.3) is 0 Å². The Hall–Kier alpha value is -2.30. The fourth-order valence-electron chi connectivity index (χ4n) is 1.79. The van der Waals surface area contributed by atoms with Gasteiger partial charge in [0.1, 0.15) is 6.29 Å². The standard InChI is InChI=1S/C14H16N2O3/c1-16-12(5-7-15-16)6-8-19-14-9-11(10-17)3-4-13(14)18-2/h3-5,7,9-10H,6,8H2,1-2H3. The number of carbonyl (C=O) groups is 1. The molecule has 0 fully saturated rings. The second kappa shape index (κ2) is 6.04. The molecule has 1 aromatic carbocycles. The van der Waals surface area contributed by atoms with Crippen molar-refractivity contribution < 1.29 is 14.3 Å². The SMILES string of the molecule is COc1ccc(C=O)cc1OCCc1ccnn1C. The van der Waals surface area contributed by atoms with E-state index in [0.717, 1.165) is 18.4 Å². The molecular formula is C14H16N2O3. The number of rotatable bonds is 6. The van der Waals surface area contributed by atoms with Crippen molar-refractivity contribution in [2.75, 3.05) is 13.7 Å². The van der Waals surface area contributed by atoms with Gasteiger partial charge in [-0.25, -0.2) is 0 Å². The molecule has 0 unspecified atom stereocenters. The van der Waals surface area contributed by atoms with Crippen LogP contribution in [0.2, 0.25) is 0 Å². The Kier molecular flexibility index (Phi) is 4.18. The lowest BCUT2D eigenvalue weighted by molar-refractivity contribution is 0.112. The van der Waals surface area contributed by atoms with Gasteiger partial charge < -0.3 is 9.47 Å². The predicted molar refractivity (Wildman–Crippen MR) is 70.8 cm³/mol. The van der Waals surface area contributed by atoms with Gasteiger partial charge in [-0.2, -0.15) is 5.10 Å². The van der Waals surface area contributed by atoms with Crippen LogP contribution in [-0.2, 0) is 13.5 Å². The molecule has 0 N–H and O–H groups in total. The highest BCUT2D eigenvalue weighted by atomic mass is 16.5. The normalized spacial score (nSPS) is 10.2. The summed E-state index contributed by atoms with van der Waals surface area (Å²) in [5, 5.41) is 4.09. The number of carbonyl (C=O) groups excluding carboxylic acids is 1. The zero-order valence-electron chi connectivity index (χ0n) is 11.0. The Morgan fingerprint density at radius 1 is 1.32 bits per heavy atom. The fourth-order valence-corrected chi connectivity index (χ4v) is 1.79. The maximum Gasteiger partial charge on any atom is 0.161 e. The minimum atomic E-state index is 0.498. The maximum absolute atomic E-state index is 10.8. The van der Waals surface area contributed by atoms with Crippen molar-refractivity contribution in [3.63, 3.8) is 0 Å². The monoisotopic (exact) mass is 260 g/mol. The molecule has 0 aliphatic carbocycles. The third kappa shape index (κ3) is 3.13. The molecule has 0 spiro atoms. The van der Waals surface area contributed by atoms with E-state index in [1.165, 1.54) is 0 Å². The van der Waals surface area contributed by atoms with E-state index in [4.69, 9.17) is 9.47 Å². The molecule has 1 heterocycles. The molecule has 0 radical (unpaired) electrons. The molecule has 0 aliphatic rings. The van der Waals surface area contributed by atoms with E-state index >= 15 is 0 Å². The number of aromatic nitrogens is 2. The van der Waals surface area contributed by atoms with Gasteiger partial charge in [0.15, 0.2) is 11.5 Å². The summed E-state index contributed by atoms with van der Waals surface area (Å²) < 4.78 is 12.7. The van der Waals surface area contributed by atoms with Gasteiger partial charge in [0, 0.05) is 30.9 Å². The highest BCUT2D eigenvalue weighted by molar-refractivity contribution is 5.76. The molecule has 19 heavy (non-hydrogen) atoms. The van der Waals surface area contributed by atoms with E-state index in [2.05, 4.69) is 5.10 Å². The summed E-state index contributed by atoms with van der Waals surface area (Å²) in [4.78, 5) is 10.8. The number of ether oxygens (including phenoxy) is 2. The van der Waals surface area contributed by atoms with Crippen LogP contribution in [0.5, 0.6) is 11.5 Å². The van der Waals surface area contributed by atoms with Crippen LogP contribution in [-0.4, -0.2) is 29.8 Å². The summed E-state index contributed by atoms with van der Waals surface area (Å²) in [6.07, 6.45) is 3.28. The molecule has 5 heteroatoms. The first-order valence-corrected chi connectivity index (χ1v) is 5.97. The molecule has 0 saturated carbocycles. The summed E-state index contributed by atoms with van der Waals surface area (Å²) >= 11 is 0. The third-order valence-corrected chi connectivity index (χ3v) is 2.86. The van der Waals surface area contributed by atoms with Gasteiger partial charge >= 0.3 is 0 Å². The fraction of sp³-hybridized carbons (Fsp3) is 0.286. The second-order valence-corrected chi connectivity index (χ2v) is 4.07. The number of benzene rings is 1. The largest absolute Gasteiger partial charge is 0.493 e. The molecule has 2 aromatic rings. The molecule has 1 aromatic heterocycles. The maximum atomic E-state index is 10.8. The van der Waals surface area contributed by atoms with Gasteiger partial charge in [-0.15, -0.1) is 0 Å². The smallest absolute Gasteiger partial charge is 0.161 e. The number of nitrogens with zero attached hydrogens (tertiary/aromatic N) is 2. The van der Waals surface area contributed by atoms with Gasteiger partial charge in [0.05, 0.1) is 13.7 Å². The first-order valence-electron chi connectivity index (χ1n) is 5.97. The minimum absolute atomic E-state index is 0.498. The number of aldehydes is 1. The lowest BCUT2D eigenvalue weighted by Crippen LogP contribution is -2.06. The Morgan fingerprint density at radius 3 is 2.79 bits per heavy atom. The molecule has 0 atom stereocenters. The van der Waals surface area contributed by atoms with Gasteiger partial charge in [-0.05, 0) is 24.3 Å². The van der Waals surface area contributed by atoms with Crippen molar-refractivity contribution in [1.29, 1.82) is 0 Å². The number of hydrogen-bond acceptors (Lipinski definition) is 4. The van der Waals surface area contributed by atoms with E-state index < -0.39 is 0 Å². The molecule has 2 rings (SSSR count). The van der Waals surface area contributed by atoms with Crippen LogP contribution in [0.15, 0.2) is 30.5 Å². The summed E-state index contributed by atoms with van der Waals surface area (Å²) in [5.41, 5.74) is 1.65. The van der Waals surface area contributed by atoms with Crippen LogP contribution < -0.4 is 9.47 Å². The molecule has 0 aliphatic heterocycles. The average Bonchev–Trinajstić information content (AvgIpc) is 2.84. The first-order chi connectivity index (χ1) is 9.24. The van der Waals surface area contributed by atoms with Crippen molar-refractivity contribution in [3.05, 3.63) is 41.7 Å². The Bertz CT molecular complexity index is 564. The van der Waals surface area contributed by atoms with Crippen molar-refractivity contribution in [1.82, 2.24) is 9.78 Å². The van der Waals surface area contributed by atoms with E-state index in [1.54, 1.807) is 31.5 Å². The highest BCUT2D eigenvalue weighted by Gasteiger charge is 2.06. The molecule has 0 saturated heterocycles. The van der Waals surface area contributed by atoms with E-state index in [-0.39, 0.29) is 0 Å². The van der Waals surface area contributed by atoms with Gasteiger partial charge in [0.2, 0.25) is 0 Å². The number of methoxy groups -OCH3 is 1. The van der Waals surface area contributed by atoms with Crippen LogP contribution in [0, 0.1) is 0 Å². The highest BCUT2D eigenvalue weighted by Crippen LogP contribution is 2.27. The molecular weight excluding hydrogens is 244 g/mol. The summed E-state index contributed by atoms with van der Waals surface area (Å²) in [7, 11) is 3.47. The van der Waals surface area contributed by atoms with Crippen molar-refractivity contribution in [2.45, 2.75) is 6.42 Å². The van der Waals surface area contributed by atoms with Crippen molar-refractivity contribution >= 4 is 6.29 Å². The molecule has 0 bridgehead atoms. The minimum Gasteiger partial charge on any atom is -0.493 e. The zero-order chi connectivity index (χ0) is 13.7. The summed E-state index contributed by atoms with van der Waals surface area (Å²) in [6.45, 7) is 0.498. The van der Waals surface area contributed by atoms with E-state index in [1.807, 2.05) is 17.8 Å². The summed E-state index contributed by atoms with van der Waals surface area (Å²) in [6, 6.07) is 7.04. The van der Waals surface area contributed by atoms with Crippen molar-refractivity contribution in [2.24, 2.45) is 7.05 Å². The Balaban J connectivity index is 2.02. The van der Waals surface area contributed by atoms with Gasteiger partial charge in [-0.1, -0.05) is 0 Å². The summed E-state index contributed by atoms with van der Waals surface area (Å²) in [5.74, 6) is 1.20. The number of hydrogen-bond donors (Lipinski definition) is 0. The van der Waals surface area contributed by atoms with Gasteiger partial charge in [0.25, 0.3) is 0 Å². The third-order valence-electron chi connectivity index (χ3n) is 2.86. The second-order valence-electron chi connectivity index (χ2n) is 4.07. The molecule has 5 nitrogen and oxygen atoms in total. The van der Waals surface area contributed by atoms with Crippen LogP contribution in [0.4, 0.5) is 0 Å². The zero-order valence-corrected chi connectivity index (χ0v) is 11.0. The van der Waals surface area contributed by atoms with Crippen LogP contribution >= 0.6 is 0 Å². The van der Waals surface area contributed by atoms with Crippen LogP contribution in [0.1, 0.15) is 16.1 Å². The average molecular weight is 260 g/mol. The quantitative estimate of drug-likeness (QED) is 0.744. The molecule has 100 valence electrons. The lowest BCUT2D eigenvalue weighted by atomic mass is 10.2. The molecule has 0 amide bonds. The van der Waals surface area contributed by atoms with Crippen LogP contribution in [0.3, 0.4) is 0 Å². The topological polar surface area (TPSA) is 53.4 Å². The predicted octanol–water partition coefficient (Wildman–Crippen LogP) is 1.86. The lowest BCUT2D eigenvalue weighted by Gasteiger charge is -2.11. The van der Waals surface area contributed by atoms with E-state index in [9.17, 15) is 4.79 Å². The van der Waals surface area contributed by atoms with E-state index in [0.29, 0.717) is 23.7 Å². The Morgan fingerprint density at radius 2 is 2.16 bits per heavy atom. The Labute approximate surface area is 111 Å². The first kappa shape index (κ1) is 13.1.